The predicted octanol–water partition coefficient (Wildman–Crippen LogP) is 2.87. The lowest BCUT2D eigenvalue weighted by atomic mass is 10.1. The van der Waals surface area contributed by atoms with Crippen LogP contribution in [-0.4, -0.2) is 57.2 Å². The average Bonchev–Trinajstić information content (AvgIpc) is 2.96. The fourth-order valence-electron chi connectivity index (χ4n) is 3.07. The van der Waals surface area contributed by atoms with Crippen molar-refractivity contribution in [2.75, 3.05) is 18.1 Å². The van der Waals surface area contributed by atoms with E-state index in [0.29, 0.717) is 25.8 Å². The van der Waals surface area contributed by atoms with Crippen LogP contribution in [0.15, 0.2) is 36.4 Å². The van der Waals surface area contributed by atoms with Crippen LogP contribution in [0.4, 0.5) is 4.39 Å². The normalized spacial score (nSPS) is 18.4. The lowest BCUT2D eigenvalue weighted by molar-refractivity contribution is -0.137. The first kappa shape index (κ1) is 21.4. The second-order valence-electron chi connectivity index (χ2n) is 6.59. The van der Waals surface area contributed by atoms with Gasteiger partial charge < -0.3 is 15.1 Å². The average molecular weight is 395 g/mol. The summed E-state index contributed by atoms with van der Waals surface area (Å²) in [5.74, 6) is 0.530. The molecular weight excluding hydrogens is 369 g/mol. The minimum atomic E-state index is -0.785. The van der Waals surface area contributed by atoms with Crippen LogP contribution in [0.2, 0.25) is 0 Å². The zero-order valence-electron chi connectivity index (χ0n) is 15.2. The molecule has 2 N–H and O–H groups in total. The lowest BCUT2D eigenvalue weighted by Crippen LogP contribution is -2.34. The summed E-state index contributed by atoms with van der Waals surface area (Å²) < 4.78 is 13.2. The number of carbonyl (C=O) groups is 2. The van der Waals surface area contributed by atoms with Crippen molar-refractivity contribution in [2.45, 2.75) is 44.2 Å². The van der Waals surface area contributed by atoms with Crippen LogP contribution >= 0.6 is 11.8 Å². The van der Waals surface area contributed by atoms with E-state index < -0.39 is 12.1 Å². The maximum Gasteiger partial charge on any atom is 0.303 e. The second-order valence-corrected chi connectivity index (χ2v) is 7.81. The predicted molar refractivity (Wildman–Crippen MR) is 104 cm³/mol. The number of carbonyl (C=O) groups excluding carboxylic acids is 1. The molecule has 1 saturated heterocycles. The van der Waals surface area contributed by atoms with Crippen LogP contribution in [0.3, 0.4) is 0 Å². The van der Waals surface area contributed by atoms with Gasteiger partial charge in [0.1, 0.15) is 5.82 Å². The summed E-state index contributed by atoms with van der Waals surface area (Å²) in [6.07, 6.45) is 5.17. The van der Waals surface area contributed by atoms with Crippen LogP contribution in [0.1, 0.15) is 31.2 Å². The summed E-state index contributed by atoms with van der Waals surface area (Å²) >= 11 is 1.65. The van der Waals surface area contributed by atoms with Gasteiger partial charge in [0, 0.05) is 31.6 Å². The number of hydrogen-bond donors (Lipinski definition) is 2. The molecule has 27 heavy (non-hydrogen) atoms. The molecular formula is C20H26FNO4S. The van der Waals surface area contributed by atoms with E-state index in [1.165, 1.54) is 12.1 Å². The zero-order valence-corrected chi connectivity index (χ0v) is 16.0. The number of amides is 1. The summed E-state index contributed by atoms with van der Waals surface area (Å²) in [7, 11) is 0. The van der Waals surface area contributed by atoms with Crippen LogP contribution in [0, 0.1) is 5.82 Å². The molecule has 0 unspecified atom stereocenters. The molecule has 0 aromatic heterocycles. The Kier molecular flexibility index (Phi) is 8.81. The van der Waals surface area contributed by atoms with Gasteiger partial charge in [-0.15, -0.1) is 0 Å². The number of aliphatic hydroxyl groups excluding tert-OH is 1. The first-order valence-corrected chi connectivity index (χ1v) is 10.3. The van der Waals surface area contributed by atoms with Gasteiger partial charge in [0.05, 0.1) is 12.1 Å². The Bertz CT molecular complexity index is 667. The number of carboxylic acids is 1. The van der Waals surface area contributed by atoms with Crippen molar-refractivity contribution in [3.8, 4) is 0 Å². The first-order chi connectivity index (χ1) is 13.0. The van der Waals surface area contributed by atoms with E-state index in [2.05, 4.69) is 0 Å². The Hall–Kier alpha value is -1.86. The largest absolute Gasteiger partial charge is 0.481 e. The van der Waals surface area contributed by atoms with Crippen molar-refractivity contribution in [1.29, 1.82) is 0 Å². The minimum Gasteiger partial charge on any atom is -0.481 e. The Morgan fingerprint density at radius 1 is 1.41 bits per heavy atom. The number of hydrogen-bond acceptors (Lipinski definition) is 4. The number of aliphatic carboxylic acids is 1. The molecule has 1 amide bonds. The number of rotatable bonds is 11. The number of benzene rings is 1. The molecule has 1 aromatic rings. The molecule has 0 bridgehead atoms. The number of aliphatic hydroxyl groups is 1. The number of carboxylic acid groups (broad SMARTS) is 1. The molecule has 1 aliphatic rings. The van der Waals surface area contributed by atoms with Crippen LogP contribution in [0.5, 0.6) is 0 Å². The third-order valence-electron chi connectivity index (χ3n) is 4.42. The smallest absolute Gasteiger partial charge is 0.303 e. The van der Waals surface area contributed by atoms with Gasteiger partial charge in [-0.3, -0.25) is 9.59 Å². The van der Waals surface area contributed by atoms with Crippen molar-refractivity contribution in [3.05, 3.63) is 47.8 Å². The van der Waals surface area contributed by atoms with E-state index >= 15 is 0 Å². The molecule has 1 heterocycles. The highest BCUT2D eigenvalue weighted by Crippen LogP contribution is 2.21. The van der Waals surface area contributed by atoms with Crippen LogP contribution in [-0.2, 0) is 16.0 Å². The first-order valence-electron chi connectivity index (χ1n) is 9.15. The summed E-state index contributed by atoms with van der Waals surface area (Å²) in [5, 5.41) is 18.8. The van der Waals surface area contributed by atoms with Crippen molar-refractivity contribution in [3.63, 3.8) is 0 Å². The van der Waals surface area contributed by atoms with Crippen molar-refractivity contribution in [2.24, 2.45) is 0 Å². The van der Waals surface area contributed by atoms with E-state index in [1.54, 1.807) is 30.0 Å². The fourth-order valence-corrected chi connectivity index (χ4v) is 3.95. The van der Waals surface area contributed by atoms with Gasteiger partial charge in [0.2, 0.25) is 5.91 Å². The van der Waals surface area contributed by atoms with E-state index in [4.69, 9.17) is 5.11 Å². The standard InChI is InChI=1S/C20H26FNO4S/c21-16-4-1-3-15(13-16)14-18(23)8-6-17-7-9-19(24)22(17)10-12-27-11-2-5-20(25)26/h1,3-4,6,8,13,17-18,23H,2,5,7,9-12,14H2,(H,25,26)/b8-6+/t17-,18+/m0/s1. The Morgan fingerprint density at radius 3 is 2.96 bits per heavy atom. The molecule has 0 saturated carbocycles. The lowest BCUT2D eigenvalue weighted by Gasteiger charge is -2.22. The maximum absolute atomic E-state index is 13.2. The molecule has 148 valence electrons. The summed E-state index contributed by atoms with van der Waals surface area (Å²) in [5.41, 5.74) is 0.726. The molecule has 5 nitrogen and oxygen atoms in total. The third-order valence-corrected chi connectivity index (χ3v) is 5.47. The Balaban J connectivity index is 1.77. The number of thioether (sulfide) groups is 1. The molecule has 7 heteroatoms. The summed E-state index contributed by atoms with van der Waals surface area (Å²) in [4.78, 5) is 24.4. The monoisotopic (exact) mass is 395 g/mol. The van der Waals surface area contributed by atoms with Gasteiger partial charge >= 0.3 is 5.97 Å². The Labute approximate surface area is 163 Å². The van der Waals surface area contributed by atoms with Gasteiger partial charge in [0.25, 0.3) is 0 Å². The van der Waals surface area contributed by atoms with Gasteiger partial charge in [-0.1, -0.05) is 24.3 Å². The zero-order chi connectivity index (χ0) is 19.6. The molecule has 1 aromatic carbocycles. The minimum absolute atomic E-state index is 0.0284. The number of likely N-dealkylation sites (tertiary alicyclic amines) is 1. The van der Waals surface area contributed by atoms with Gasteiger partial charge in [-0.05, 0) is 36.3 Å². The van der Waals surface area contributed by atoms with Crippen LogP contribution < -0.4 is 0 Å². The highest BCUT2D eigenvalue weighted by atomic mass is 32.2. The second kappa shape index (κ2) is 11.1. The van der Waals surface area contributed by atoms with E-state index in [9.17, 15) is 19.1 Å². The van der Waals surface area contributed by atoms with Crippen LogP contribution in [0.25, 0.3) is 0 Å². The highest BCUT2D eigenvalue weighted by molar-refractivity contribution is 7.99. The molecule has 0 radical (unpaired) electrons. The number of nitrogens with zero attached hydrogens (tertiary/aromatic N) is 1. The van der Waals surface area contributed by atoms with E-state index in [1.807, 2.05) is 11.0 Å². The molecule has 0 spiro atoms. The quantitative estimate of drug-likeness (QED) is 0.445. The summed E-state index contributed by atoms with van der Waals surface area (Å²) in [6.45, 7) is 0.617. The molecule has 2 atom stereocenters. The SMILES string of the molecule is O=C(O)CCCSCCN1C(=O)CC[C@@H]1/C=C/[C@@H](O)Cc1cccc(F)c1. The number of halogens is 1. The maximum atomic E-state index is 13.2. The molecule has 1 fully saturated rings. The van der Waals surface area contributed by atoms with Crippen molar-refractivity contribution in [1.82, 2.24) is 4.90 Å². The van der Waals surface area contributed by atoms with Crippen molar-refractivity contribution < 1.29 is 24.2 Å². The van der Waals surface area contributed by atoms with Gasteiger partial charge in [-0.25, -0.2) is 4.39 Å². The molecule has 2 rings (SSSR count). The van der Waals surface area contributed by atoms with E-state index in [0.717, 1.165) is 23.5 Å². The fraction of sp³-hybridized carbons (Fsp3) is 0.500. The van der Waals surface area contributed by atoms with Crippen molar-refractivity contribution >= 4 is 23.6 Å². The topological polar surface area (TPSA) is 77.8 Å². The molecule has 1 aliphatic heterocycles. The third kappa shape index (κ3) is 7.72. The Morgan fingerprint density at radius 2 is 2.22 bits per heavy atom. The van der Waals surface area contributed by atoms with Gasteiger partial charge in [-0.2, -0.15) is 11.8 Å². The summed E-state index contributed by atoms with van der Waals surface area (Å²) in [6, 6.07) is 6.14. The van der Waals surface area contributed by atoms with E-state index in [-0.39, 0.29) is 24.2 Å². The molecule has 0 aliphatic carbocycles. The van der Waals surface area contributed by atoms with Gasteiger partial charge in [0.15, 0.2) is 0 Å². The highest BCUT2D eigenvalue weighted by Gasteiger charge is 2.28.